The maximum absolute atomic E-state index is 13.4. The summed E-state index contributed by atoms with van der Waals surface area (Å²) >= 11 is 0. The first-order valence-corrected chi connectivity index (χ1v) is 6.80. The SMILES string of the molecule is Nc1cc(F)cc(NS(=O)(=O)c2ccc(F)cc2F)c1. The third kappa shape index (κ3) is 3.02. The summed E-state index contributed by atoms with van der Waals surface area (Å²) < 4.78 is 65.1. The lowest BCUT2D eigenvalue weighted by Gasteiger charge is -2.09. The molecule has 0 bridgehead atoms. The van der Waals surface area contributed by atoms with Crippen LogP contribution in [0.3, 0.4) is 0 Å². The van der Waals surface area contributed by atoms with Gasteiger partial charge in [0, 0.05) is 11.8 Å². The molecule has 0 fully saturated rings. The quantitative estimate of drug-likeness (QED) is 0.856. The lowest BCUT2D eigenvalue weighted by atomic mass is 10.3. The minimum absolute atomic E-state index is 0.00211. The van der Waals surface area contributed by atoms with Gasteiger partial charge in [-0.2, -0.15) is 0 Å². The number of hydrogen-bond acceptors (Lipinski definition) is 3. The van der Waals surface area contributed by atoms with E-state index in [-0.39, 0.29) is 11.4 Å². The van der Waals surface area contributed by atoms with E-state index in [2.05, 4.69) is 0 Å². The normalized spacial score (nSPS) is 11.3. The van der Waals surface area contributed by atoms with Crippen LogP contribution in [0.2, 0.25) is 0 Å². The van der Waals surface area contributed by atoms with E-state index in [9.17, 15) is 21.6 Å². The van der Waals surface area contributed by atoms with Gasteiger partial charge in [-0.05, 0) is 30.3 Å². The Morgan fingerprint density at radius 3 is 2.25 bits per heavy atom. The van der Waals surface area contributed by atoms with E-state index in [1.807, 2.05) is 4.72 Å². The Morgan fingerprint density at radius 2 is 1.65 bits per heavy atom. The minimum Gasteiger partial charge on any atom is -0.399 e. The molecule has 2 aromatic carbocycles. The van der Waals surface area contributed by atoms with Gasteiger partial charge in [-0.15, -0.1) is 0 Å². The Kier molecular flexibility index (Phi) is 3.58. The highest BCUT2D eigenvalue weighted by atomic mass is 32.2. The molecule has 0 saturated heterocycles. The second-order valence-electron chi connectivity index (χ2n) is 3.95. The first kappa shape index (κ1) is 14.2. The fourth-order valence-electron chi connectivity index (χ4n) is 1.57. The summed E-state index contributed by atoms with van der Waals surface area (Å²) in [6.07, 6.45) is 0. The van der Waals surface area contributed by atoms with Crippen LogP contribution in [0, 0.1) is 17.5 Å². The van der Waals surface area contributed by atoms with E-state index in [1.165, 1.54) is 6.07 Å². The molecule has 0 radical (unpaired) electrons. The second-order valence-corrected chi connectivity index (χ2v) is 5.60. The van der Waals surface area contributed by atoms with Gasteiger partial charge in [0.2, 0.25) is 0 Å². The van der Waals surface area contributed by atoms with Gasteiger partial charge in [-0.3, -0.25) is 4.72 Å². The highest BCUT2D eigenvalue weighted by Gasteiger charge is 2.20. The van der Waals surface area contributed by atoms with Gasteiger partial charge in [0.25, 0.3) is 10.0 Å². The monoisotopic (exact) mass is 302 g/mol. The number of benzene rings is 2. The van der Waals surface area contributed by atoms with Crippen LogP contribution < -0.4 is 10.5 Å². The molecule has 0 heterocycles. The van der Waals surface area contributed by atoms with E-state index in [0.29, 0.717) is 6.07 Å². The number of rotatable bonds is 3. The third-order valence-corrected chi connectivity index (χ3v) is 3.77. The molecule has 4 nitrogen and oxygen atoms in total. The second kappa shape index (κ2) is 5.04. The van der Waals surface area contributed by atoms with Crippen molar-refractivity contribution in [2.45, 2.75) is 4.90 Å². The molecule has 0 spiro atoms. The minimum atomic E-state index is -4.31. The molecule has 106 valence electrons. The van der Waals surface area contributed by atoms with E-state index >= 15 is 0 Å². The molecule has 0 saturated carbocycles. The summed E-state index contributed by atoms with van der Waals surface area (Å²) in [5, 5.41) is 0. The molecule has 8 heteroatoms. The molecule has 2 aromatic rings. The topological polar surface area (TPSA) is 72.2 Å². The Labute approximate surface area is 113 Å². The predicted molar refractivity (Wildman–Crippen MR) is 68.0 cm³/mol. The van der Waals surface area contributed by atoms with Gasteiger partial charge in [0.05, 0.1) is 5.69 Å². The van der Waals surface area contributed by atoms with Crippen LogP contribution in [0.4, 0.5) is 24.5 Å². The standard InChI is InChI=1S/C12H9F3N2O2S/c13-7-1-2-12(11(15)5-7)20(18,19)17-10-4-8(14)3-9(16)6-10/h1-6,17H,16H2. The smallest absolute Gasteiger partial charge is 0.264 e. The molecule has 0 unspecified atom stereocenters. The highest BCUT2D eigenvalue weighted by molar-refractivity contribution is 7.92. The van der Waals surface area contributed by atoms with Crippen molar-refractivity contribution in [2.24, 2.45) is 0 Å². The number of halogens is 3. The van der Waals surface area contributed by atoms with Gasteiger partial charge in [-0.1, -0.05) is 0 Å². The van der Waals surface area contributed by atoms with Gasteiger partial charge < -0.3 is 5.73 Å². The van der Waals surface area contributed by atoms with Gasteiger partial charge in [0.15, 0.2) is 0 Å². The molecule has 2 rings (SSSR count). The van der Waals surface area contributed by atoms with Crippen LogP contribution in [-0.4, -0.2) is 8.42 Å². The number of nitrogen functional groups attached to an aromatic ring is 1. The largest absolute Gasteiger partial charge is 0.399 e. The van der Waals surface area contributed by atoms with Gasteiger partial charge in [0.1, 0.15) is 22.3 Å². The molecular formula is C12H9F3N2O2S. The van der Waals surface area contributed by atoms with E-state index in [4.69, 9.17) is 5.73 Å². The first-order chi connectivity index (χ1) is 9.28. The number of hydrogen-bond donors (Lipinski definition) is 2. The molecule has 20 heavy (non-hydrogen) atoms. The number of anilines is 2. The van der Waals surface area contributed by atoms with E-state index in [0.717, 1.165) is 24.3 Å². The van der Waals surface area contributed by atoms with Crippen molar-refractivity contribution in [3.8, 4) is 0 Å². The van der Waals surface area contributed by atoms with Crippen molar-refractivity contribution < 1.29 is 21.6 Å². The average molecular weight is 302 g/mol. The number of nitrogens with two attached hydrogens (primary N) is 1. The summed E-state index contributed by atoms with van der Waals surface area (Å²) in [5.41, 5.74) is 5.21. The molecule has 0 aliphatic heterocycles. The Hall–Kier alpha value is -2.22. The summed E-state index contributed by atoms with van der Waals surface area (Å²) in [5.74, 6) is -2.90. The maximum atomic E-state index is 13.4. The van der Waals surface area contributed by atoms with E-state index < -0.39 is 32.4 Å². The molecular weight excluding hydrogens is 293 g/mol. The van der Waals surface area contributed by atoms with Crippen LogP contribution in [0.5, 0.6) is 0 Å². The lowest BCUT2D eigenvalue weighted by Crippen LogP contribution is -2.15. The molecule has 0 atom stereocenters. The average Bonchev–Trinajstić information content (AvgIpc) is 2.25. The van der Waals surface area contributed by atoms with Crippen LogP contribution >= 0.6 is 0 Å². The van der Waals surface area contributed by atoms with Crippen molar-refractivity contribution >= 4 is 21.4 Å². The van der Waals surface area contributed by atoms with Crippen LogP contribution in [-0.2, 0) is 10.0 Å². The Morgan fingerprint density at radius 1 is 0.950 bits per heavy atom. The van der Waals surface area contributed by atoms with Crippen molar-refractivity contribution in [2.75, 3.05) is 10.5 Å². The lowest BCUT2D eigenvalue weighted by molar-refractivity contribution is 0.551. The summed E-state index contributed by atoms with van der Waals surface area (Å²) in [7, 11) is -4.31. The first-order valence-electron chi connectivity index (χ1n) is 5.32. The Balaban J connectivity index is 2.40. The zero-order valence-corrected chi connectivity index (χ0v) is 10.7. The van der Waals surface area contributed by atoms with Crippen LogP contribution in [0.15, 0.2) is 41.3 Å². The molecule has 0 aliphatic carbocycles. The summed E-state index contributed by atoms with van der Waals surface area (Å²) in [4.78, 5) is -0.748. The van der Waals surface area contributed by atoms with Crippen LogP contribution in [0.1, 0.15) is 0 Å². The number of nitrogens with one attached hydrogen (secondary N) is 1. The molecule has 3 N–H and O–H groups in total. The van der Waals surface area contributed by atoms with Gasteiger partial charge >= 0.3 is 0 Å². The van der Waals surface area contributed by atoms with Crippen molar-refractivity contribution in [3.63, 3.8) is 0 Å². The third-order valence-electron chi connectivity index (χ3n) is 2.36. The van der Waals surface area contributed by atoms with Crippen LogP contribution in [0.25, 0.3) is 0 Å². The Bertz CT molecular complexity index is 743. The summed E-state index contributed by atoms with van der Waals surface area (Å²) in [6.45, 7) is 0. The fourth-order valence-corrected chi connectivity index (χ4v) is 2.68. The van der Waals surface area contributed by atoms with Crippen molar-refractivity contribution in [1.82, 2.24) is 0 Å². The van der Waals surface area contributed by atoms with Crippen molar-refractivity contribution in [3.05, 3.63) is 53.8 Å². The molecule has 0 aromatic heterocycles. The zero-order chi connectivity index (χ0) is 14.9. The highest BCUT2D eigenvalue weighted by Crippen LogP contribution is 2.22. The van der Waals surface area contributed by atoms with Gasteiger partial charge in [-0.25, -0.2) is 21.6 Å². The van der Waals surface area contributed by atoms with E-state index in [1.54, 1.807) is 0 Å². The maximum Gasteiger partial charge on any atom is 0.264 e. The number of sulfonamides is 1. The van der Waals surface area contributed by atoms with Crippen molar-refractivity contribution in [1.29, 1.82) is 0 Å². The molecule has 0 aliphatic rings. The predicted octanol–water partition coefficient (Wildman–Crippen LogP) is 2.49. The zero-order valence-electron chi connectivity index (χ0n) is 9.90. The fraction of sp³-hybridized carbons (Fsp3) is 0. The summed E-state index contributed by atoms with van der Waals surface area (Å²) in [6, 6.07) is 5.06. The molecule has 0 amide bonds.